The molecule has 29 heavy (non-hydrogen) atoms. The summed E-state index contributed by atoms with van der Waals surface area (Å²) >= 11 is 3.47. The fourth-order valence-corrected chi connectivity index (χ4v) is 3.37. The van der Waals surface area contributed by atoms with Crippen LogP contribution in [0.25, 0.3) is 10.9 Å². The number of azo groups is 1. The van der Waals surface area contributed by atoms with E-state index in [0.717, 1.165) is 21.2 Å². The molecule has 0 saturated heterocycles. The minimum absolute atomic E-state index is 0.00650. The van der Waals surface area contributed by atoms with E-state index in [-0.39, 0.29) is 30.3 Å². The number of aryl methyl sites for hydroxylation is 3. The number of hydrogen-bond donors (Lipinski definition) is 3. The number of benzene rings is 2. The lowest BCUT2D eigenvalue weighted by Crippen LogP contribution is -2.12. The van der Waals surface area contributed by atoms with Gasteiger partial charge in [0.15, 0.2) is 5.69 Å². The van der Waals surface area contributed by atoms with Crippen LogP contribution in [0, 0.1) is 20.8 Å². The highest BCUT2D eigenvalue weighted by Crippen LogP contribution is 2.41. The van der Waals surface area contributed by atoms with Crippen molar-refractivity contribution in [3.8, 4) is 5.88 Å². The van der Waals surface area contributed by atoms with Crippen molar-refractivity contribution in [1.82, 2.24) is 4.98 Å². The first-order valence-electron chi connectivity index (χ1n) is 9.07. The molecule has 2 amide bonds. The average molecular weight is 457 g/mol. The van der Waals surface area contributed by atoms with Gasteiger partial charge in [-0.1, -0.05) is 12.1 Å². The summed E-state index contributed by atoms with van der Waals surface area (Å²) in [6, 6.07) is 9.34. The molecule has 0 spiro atoms. The molecule has 1 aromatic heterocycles. The normalized spacial score (nSPS) is 11.3. The summed E-state index contributed by atoms with van der Waals surface area (Å²) in [5.74, 6) is -0.988. The predicted octanol–water partition coefficient (Wildman–Crippen LogP) is 5.59. The lowest BCUT2D eigenvalue weighted by molar-refractivity contribution is -0.122. The lowest BCUT2D eigenvalue weighted by atomic mass is 10.1. The Morgan fingerprint density at radius 3 is 2.52 bits per heavy atom. The maximum Gasteiger partial charge on any atom is 0.265 e. The van der Waals surface area contributed by atoms with Gasteiger partial charge in [-0.3, -0.25) is 9.59 Å². The molecule has 8 heteroatoms. The zero-order chi connectivity index (χ0) is 21.1. The highest BCUT2D eigenvalue weighted by Gasteiger charge is 2.15. The number of anilines is 1. The van der Waals surface area contributed by atoms with Gasteiger partial charge in [0.1, 0.15) is 0 Å². The highest BCUT2D eigenvalue weighted by molar-refractivity contribution is 9.10. The maximum atomic E-state index is 12.1. The number of aromatic nitrogens is 1. The number of hydrogen-bond acceptors (Lipinski definition) is 4. The fraction of sp³-hybridized carbons (Fsp3) is 0.238. The predicted molar refractivity (Wildman–Crippen MR) is 116 cm³/mol. The lowest BCUT2D eigenvalue weighted by Gasteiger charge is -2.07. The van der Waals surface area contributed by atoms with Gasteiger partial charge < -0.3 is 15.4 Å². The first-order chi connectivity index (χ1) is 13.8. The second-order valence-electron chi connectivity index (χ2n) is 6.88. The Bertz CT molecular complexity index is 1130. The zero-order valence-corrected chi connectivity index (χ0v) is 17.9. The van der Waals surface area contributed by atoms with Gasteiger partial charge in [-0.2, -0.15) is 0 Å². The third kappa shape index (κ3) is 4.71. The number of fused-ring (bicyclic) bond motifs is 1. The van der Waals surface area contributed by atoms with Crippen LogP contribution in [0.5, 0.6) is 5.88 Å². The number of amides is 2. The van der Waals surface area contributed by atoms with Crippen molar-refractivity contribution in [1.29, 1.82) is 0 Å². The summed E-state index contributed by atoms with van der Waals surface area (Å²) in [4.78, 5) is 26.9. The SMILES string of the molecule is Cc1ccc(NC(=O)CCC(=O)N=Nc2c(O)[nH]c3ccc(C)c(Br)c23)cc1C. The Labute approximate surface area is 176 Å². The topological polar surface area (TPSA) is 107 Å². The van der Waals surface area contributed by atoms with Gasteiger partial charge in [0, 0.05) is 28.4 Å². The molecule has 150 valence electrons. The van der Waals surface area contributed by atoms with Crippen LogP contribution >= 0.6 is 15.9 Å². The second kappa shape index (κ2) is 8.57. The molecule has 0 aliphatic heterocycles. The molecule has 0 saturated carbocycles. The van der Waals surface area contributed by atoms with E-state index in [0.29, 0.717) is 16.6 Å². The van der Waals surface area contributed by atoms with E-state index in [2.05, 4.69) is 36.5 Å². The number of aromatic hydroxyl groups is 1. The smallest absolute Gasteiger partial charge is 0.265 e. The molecule has 0 unspecified atom stereocenters. The summed E-state index contributed by atoms with van der Waals surface area (Å²) in [7, 11) is 0. The molecule has 3 N–H and O–H groups in total. The van der Waals surface area contributed by atoms with E-state index in [9.17, 15) is 14.7 Å². The largest absolute Gasteiger partial charge is 0.493 e. The van der Waals surface area contributed by atoms with Crippen molar-refractivity contribution >= 4 is 50.0 Å². The van der Waals surface area contributed by atoms with Crippen molar-refractivity contribution in [2.45, 2.75) is 33.6 Å². The molecule has 0 aliphatic rings. The van der Waals surface area contributed by atoms with Crippen LogP contribution in [-0.2, 0) is 9.59 Å². The summed E-state index contributed by atoms with van der Waals surface area (Å²) in [5.41, 5.74) is 4.73. The van der Waals surface area contributed by atoms with Gasteiger partial charge in [0.05, 0.1) is 5.52 Å². The van der Waals surface area contributed by atoms with Gasteiger partial charge in [-0.15, -0.1) is 10.2 Å². The number of nitrogens with one attached hydrogen (secondary N) is 2. The number of carbonyl (C=O) groups is 2. The van der Waals surface area contributed by atoms with Crippen LogP contribution in [0.3, 0.4) is 0 Å². The first-order valence-corrected chi connectivity index (χ1v) is 9.87. The van der Waals surface area contributed by atoms with Gasteiger partial charge in [0.2, 0.25) is 11.8 Å². The van der Waals surface area contributed by atoms with E-state index in [4.69, 9.17) is 0 Å². The minimum atomic E-state index is -0.544. The van der Waals surface area contributed by atoms with Gasteiger partial charge in [0.25, 0.3) is 5.91 Å². The molecule has 0 radical (unpaired) electrons. The van der Waals surface area contributed by atoms with Crippen LogP contribution in [0.15, 0.2) is 45.0 Å². The molecule has 3 rings (SSSR count). The molecule has 0 bridgehead atoms. The van der Waals surface area contributed by atoms with Gasteiger partial charge in [-0.05, 0) is 71.6 Å². The van der Waals surface area contributed by atoms with Crippen LogP contribution in [0.2, 0.25) is 0 Å². The number of aromatic amines is 1. The Morgan fingerprint density at radius 1 is 1.07 bits per heavy atom. The number of rotatable bonds is 5. The molecule has 2 aromatic carbocycles. The number of H-pyrrole nitrogens is 1. The fourth-order valence-electron chi connectivity index (χ4n) is 2.84. The molecule has 0 atom stereocenters. The summed E-state index contributed by atoms with van der Waals surface area (Å²) in [6.45, 7) is 5.87. The van der Waals surface area contributed by atoms with Crippen LogP contribution in [0.4, 0.5) is 11.4 Å². The minimum Gasteiger partial charge on any atom is -0.493 e. The Kier molecular flexibility index (Phi) is 6.12. The average Bonchev–Trinajstić information content (AvgIpc) is 3.00. The monoisotopic (exact) mass is 456 g/mol. The Hall–Kier alpha value is -3.00. The molecular weight excluding hydrogens is 436 g/mol. The summed E-state index contributed by atoms with van der Waals surface area (Å²) in [6.07, 6.45) is -0.0864. The third-order valence-corrected chi connectivity index (χ3v) is 5.69. The van der Waals surface area contributed by atoms with Crippen molar-refractivity contribution < 1.29 is 14.7 Å². The highest BCUT2D eigenvalue weighted by atomic mass is 79.9. The van der Waals surface area contributed by atoms with Crippen molar-refractivity contribution in [3.63, 3.8) is 0 Å². The van der Waals surface area contributed by atoms with Crippen molar-refractivity contribution in [2.75, 3.05) is 5.32 Å². The molecule has 1 heterocycles. The van der Waals surface area contributed by atoms with E-state index in [1.54, 1.807) is 0 Å². The van der Waals surface area contributed by atoms with Crippen molar-refractivity contribution in [3.05, 3.63) is 51.5 Å². The van der Waals surface area contributed by atoms with E-state index in [1.807, 2.05) is 51.1 Å². The van der Waals surface area contributed by atoms with Crippen molar-refractivity contribution in [2.24, 2.45) is 10.2 Å². The van der Waals surface area contributed by atoms with E-state index >= 15 is 0 Å². The van der Waals surface area contributed by atoms with Gasteiger partial charge >= 0.3 is 0 Å². The maximum absolute atomic E-state index is 12.1. The van der Waals surface area contributed by atoms with Gasteiger partial charge in [-0.25, -0.2) is 0 Å². The van der Waals surface area contributed by atoms with Crippen LogP contribution in [0.1, 0.15) is 29.5 Å². The summed E-state index contributed by atoms with van der Waals surface area (Å²) in [5, 5.41) is 21.1. The first kappa shape index (κ1) is 20.7. The standard InChI is InChI=1S/C21H21BrN4O3/c1-11-4-6-14(10-13(11)3)23-16(27)8-9-17(28)25-26-20-18-15(24-21(20)29)7-5-12(2)19(18)22/h4-7,10,24,29H,8-9H2,1-3H3,(H,23,27). The molecule has 3 aromatic rings. The zero-order valence-electron chi connectivity index (χ0n) is 16.3. The van der Waals surface area contributed by atoms with E-state index < -0.39 is 5.91 Å². The molecule has 0 fully saturated rings. The number of carbonyl (C=O) groups excluding carboxylic acids is 2. The number of halogens is 1. The van der Waals surface area contributed by atoms with E-state index in [1.165, 1.54) is 0 Å². The quantitative estimate of drug-likeness (QED) is 0.435. The van der Waals surface area contributed by atoms with Crippen LogP contribution < -0.4 is 5.32 Å². The summed E-state index contributed by atoms with van der Waals surface area (Å²) < 4.78 is 0.765. The Balaban J connectivity index is 1.63. The Morgan fingerprint density at radius 2 is 1.79 bits per heavy atom. The third-order valence-electron chi connectivity index (χ3n) is 4.67. The molecular formula is C21H21BrN4O3. The van der Waals surface area contributed by atoms with Crippen LogP contribution in [-0.4, -0.2) is 21.9 Å². The molecule has 0 aliphatic carbocycles. The molecule has 7 nitrogen and oxygen atoms in total. The number of nitrogens with zero attached hydrogens (tertiary/aromatic N) is 2. The second-order valence-corrected chi connectivity index (χ2v) is 7.68.